The quantitative estimate of drug-likeness (QED) is 0.713. The summed E-state index contributed by atoms with van der Waals surface area (Å²) < 4.78 is 0. The molecule has 0 aliphatic carbocycles. The maximum atomic E-state index is 11.6. The highest BCUT2D eigenvalue weighted by molar-refractivity contribution is 7.10. The lowest BCUT2D eigenvalue weighted by Gasteiger charge is -2.12. The third kappa shape index (κ3) is 4.87. The highest BCUT2D eigenvalue weighted by atomic mass is 32.1. The Balaban J connectivity index is 2.42. The number of rotatable bonds is 8. The van der Waals surface area contributed by atoms with Crippen LogP contribution in [-0.4, -0.2) is 17.0 Å². The van der Waals surface area contributed by atoms with E-state index in [4.69, 9.17) is 5.11 Å². The molecule has 1 unspecified atom stereocenters. The van der Waals surface area contributed by atoms with Crippen molar-refractivity contribution in [2.24, 2.45) is 0 Å². The fourth-order valence-electron chi connectivity index (χ4n) is 1.66. The van der Waals surface area contributed by atoms with Crippen molar-refractivity contribution in [2.75, 3.05) is 0 Å². The number of hydrogen-bond acceptors (Lipinski definition) is 3. The molecule has 0 fully saturated rings. The Bertz CT molecular complexity index is 376. The number of carboxylic acids is 1. The van der Waals surface area contributed by atoms with Crippen molar-refractivity contribution in [3.63, 3.8) is 0 Å². The first-order valence-corrected chi connectivity index (χ1v) is 7.08. The van der Waals surface area contributed by atoms with Crippen LogP contribution < -0.4 is 5.32 Å². The van der Waals surface area contributed by atoms with E-state index in [1.807, 2.05) is 0 Å². The van der Waals surface area contributed by atoms with Gasteiger partial charge in [0.25, 0.3) is 0 Å². The molecule has 1 amide bonds. The van der Waals surface area contributed by atoms with Gasteiger partial charge in [0.1, 0.15) is 0 Å². The van der Waals surface area contributed by atoms with Gasteiger partial charge in [0.2, 0.25) is 5.91 Å². The zero-order chi connectivity index (χ0) is 13.4. The summed E-state index contributed by atoms with van der Waals surface area (Å²) in [5.74, 6) is -1.20. The largest absolute Gasteiger partial charge is 0.479 e. The average molecular weight is 269 g/mol. The van der Waals surface area contributed by atoms with Crippen LogP contribution in [0, 0.1) is 0 Å². The molecule has 1 aromatic heterocycles. The molecule has 4 nitrogen and oxygen atoms in total. The van der Waals surface area contributed by atoms with E-state index in [1.54, 1.807) is 17.5 Å². The van der Waals surface area contributed by atoms with Gasteiger partial charge in [-0.05, 0) is 17.9 Å². The smallest absolute Gasteiger partial charge is 0.331 e. The molecule has 1 rings (SSSR count). The maximum Gasteiger partial charge on any atom is 0.331 e. The number of nitrogens with one attached hydrogen (secondary N) is 1. The molecule has 2 N–H and O–H groups in total. The minimum Gasteiger partial charge on any atom is -0.479 e. The van der Waals surface area contributed by atoms with Crippen molar-refractivity contribution in [3.05, 3.63) is 22.4 Å². The molecule has 0 aliphatic heterocycles. The summed E-state index contributed by atoms with van der Waals surface area (Å²) in [6.45, 7) is 2.11. The van der Waals surface area contributed by atoms with Crippen molar-refractivity contribution in [1.29, 1.82) is 0 Å². The van der Waals surface area contributed by atoms with Crippen LogP contribution in [0.1, 0.15) is 49.9 Å². The minimum atomic E-state index is -1.01. The Hall–Kier alpha value is -1.36. The molecule has 100 valence electrons. The van der Waals surface area contributed by atoms with Crippen LogP contribution in [0.15, 0.2) is 17.5 Å². The van der Waals surface area contributed by atoms with E-state index in [2.05, 4.69) is 12.2 Å². The number of carboxylic acid groups (broad SMARTS) is 1. The Morgan fingerprint density at radius 2 is 2.17 bits per heavy atom. The van der Waals surface area contributed by atoms with Gasteiger partial charge in [-0.3, -0.25) is 4.79 Å². The second-order valence-electron chi connectivity index (χ2n) is 4.16. The van der Waals surface area contributed by atoms with Gasteiger partial charge in [0, 0.05) is 11.3 Å². The van der Waals surface area contributed by atoms with Gasteiger partial charge in [-0.1, -0.05) is 32.3 Å². The van der Waals surface area contributed by atoms with Gasteiger partial charge < -0.3 is 10.4 Å². The standard InChI is InChI=1S/C13H19NO3S/c1-2-3-4-5-8-11(15)14-12(13(16)17)10-7-6-9-18-10/h6-7,9,12H,2-5,8H2,1H3,(H,14,15)(H,16,17). The Kier molecular flexibility index (Phi) is 6.43. The molecular weight excluding hydrogens is 250 g/mol. The lowest BCUT2D eigenvalue weighted by Crippen LogP contribution is -2.33. The molecule has 0 saturated carbocycles. The summed E-state index contributed by atoms with van der Waals surface area (Å²) in [5.41, 5.74) is 0. The number of hydrogen-bond donors (Lipinski definition) is 2. The van der Waals surface area contributed by atoms with Gasteiger partial charge in [0.15, 0.2) is 6.04 Å². The Morgan fingerprint density at radius 1 is 1.39 bits per heavy atom. The predicted octanol–water partition coefficient (Wildman–Crippen LogP) is 2.96. The van der Waals surface area contributed by atoms with Crippen molar-refractivity contribution >= 4 is 23.2 Å². The molecular formula is C13H19NO3S. The maximum absolute atomic E-state index is 11.6. The number of carbonyl (C=O) groups is 2. The summed E-state index contributed by atoms with van der Waals surface area (Å²) in [6, 6.07) is 2.59. The van der Waals surface area contributed by atoms with Crippen molar-refractivity contribution in [1.82, 2.24) is 5.32 Å². The van der Waals surface area contributed by atoms with Crippen molar-refractivity contribution in [3.8, 4) is 0 Å². The normalized spacial score (nSPS) is 12.1. The lowest BCUT2D eigenvalue weighted by molar-refractivity contribution is -0.142. The topological polar surface area (TPSA) is 66.4 Å². The number of thiophene rings is 1. The second-order valence-corrected chi connectivity index (χ2v) is 5.14. The molecule has 1 heterocycles. The first-order chi connectivity index (χ1) is 8.65. The van der Waals surface area contributed by atoms with Crippen LogP contribution in [0.3, 0.4) is 0 Å². The van der Waals surface area contributed by atoms with E-state index < -0.39 is 12.0 Å². The Morgan fingerprint density at radius 3 is 2.72 bits per heavy atom. The molecule has 5 heteroatoms. The van der Waals surface area contributed by atoms with Gasteiger partial charge in [-0.25, -0.2) is 4.79 Å². The molecule has 0 saturated heterocycles. The number of amides is 1. The summed E-state index contributed by atoms with van der Waals surface area (Å²) in [7, 11) is 0. The lowest BCUT2D eigenvalue weighted by atomic mass is 10.1. The van der Waals surface area contributed by atoms with Crippen molar-refractivity contribution < 1.29 is 14.7 Å². The monoisotopic (exact) mass is 269 g/mol. The van der Waals surface area contributed by atoms with E-state index in [0.717, 1.165) is 25.7 Å². The van der Waals surface area contributed by atoms with Gasteiger partial charge in [-0.15, -0.1) is 11.3 Å². The minimum absolute atomic E-state index is 0.188. The number of carbonyl (C=O) groups excluding carboxylic acids is 1. The van der Waals surface area contributed by atoms with E-state index >= 15 is 0 Å². The highest BCUT2D eigenvalue weighted by Crippen LogP contribution is 2.19. The van der Waals surface area contributed by atoms with Crippen LogP contribution in [0.2, 0.25) is 0 Å². The summed E-state index contributed by atoms with van der Waals surface area (Å²) in [5, 5.41) is 13.5. The first-order valence-electron chi connectivity index (χ1n) is 6.20. The second kappa shape index (κ2) is 7.87. The van der Waals surface area contributed by atoms with Crippen LogP contribution in [-0.2, 0) is 9.59 Å². The third-order valence-electron chi connectivity index (χ3n) is 2.64. The fraction of sp³-hybridized carbons (Fsp3) is 0.538. The molecule has 0 spiro atoms. The zero-order valence-electron chi connectivity index (χ0n) is 10.5. The van der Waals surface area contributed by atoms with Crippen LogP contribution in [0.25, 0.3) is 0 Å². The van der Waals surface area contributed by atoms with Gasteiger partial charge >= 0.3 is 5.97 Å². The molecule has 0 aromatic carbocycles. The molecule has 0 aliphatic rings. The van der Waals surface area contributed by atoms with E-state index in [9.17, 15) is 9.59 Å². The molecule has 1 aromatic rings. The van der Waals surface area contributed by atoms with Gasteiger partial charge in [0.05, 0.1) is 0 Å². The molecule has 1 atom stereocenters. The fourth-order valence-corrected chi connectivity index (χ4v) is 2.42. The first kappa shape index (κ1) is 14.7. The van der Waals surface area contributed by atoms with Crippen LogP contribution >= 0.6 is 11.3 Å². The molecule has 18 heavy (non-hydrogen) atoms. The average Bonchev–Trinajstić information content (AvgIpc) is 2.85. The van der Waals surface area contributed by atoms with E-state index in [1.165, 1.54) is 11.3 Å². The van der Waals surface area contributed by atoms with Gasteiger partial charge in [-0.2, -0.15) is 0 Å². The summed E-state index contributed by atoms with van der Waals surface area (Å²) in [6.07, 6.45) is 4.46. The van der Waals surface area contributed by atoms with E-state index in [-0.39, 0.29) is 5.91 Å². The summed E-state index contributed by atoms with van der Waals surface area (Å²) in [4.78, 5) is 23.4. The van der Waals surface area contributed by atoms with Crippen molar-refractivity contribution in [2.45, 2.75) is 45.1 Å². The number of unbranched alkanes of at least 4 members (excludes halogenated alkanes) is 3. The predicted molar refractivity (Wildman–Crippen MR) is 71.6 cm³/mol. The molecule has 0 bridgehead atoms. The zero-order valence-corrected chi connectivity index (χ0v) is 11.3. The Labute approximate surface area is 111 Å². The van der Waals surface area contributed by atoms with Crippen LogP contribution in [0.5, 0.6) is 0 Å². The number of aliphatic carboxylic acids is 1. The SMILES string of the molecule is CCCCCCC(=O)NC(C(=O)O)c1cccs1. The molecule has 0 radical (unpaired) electrons. The van der Waals surface area contributed by atoms with E-state index in [0.29, 0.717) is 11.3 Å². The highest BCUT2D eigenvalue weighted by Gasteiger charge is 2.22. The van der Waals surface area contributed by atoms with Crippen LogP contribution in [0.4, 0.5) is 0 Å². The third-order valence-corrected chi connectivity index (χ3v) is 3.57. The summed E-state index contributed by atoms with van der Waals surface area (Å²) >= 11 is 1.34.